The summed E-state index contributed by atoms with van der Waals surface area (Å²) in [4.78, 5) is 25.3. The number of esters is 1. The number of nitrogens with zero attached hydrogens (tertiary/aromatic N) is 1. The summed E-state index contributed by atoms with van der Waals surface area (Å²) in [6.45, 7) is 5.30. The van der Waals surface area contributed by atoms with Crippen molar-refractivity contribution in [2.75, 3.05) is 54.1 Å². The molecule has 8 nitrogen and oxygen atoms in total. The molecular formula is C64H116NO7P. The van der Waals surface area contributed by atoms with Gasteiger partial charge in [-0.2, -0.15) is 0 Å². The first kappa shape index (κ1) is 70.7. The van der Waals surface area contributed by atoms with Crippen molar-refractivity contribution in [1.82, 2.24) is 0 Å². The Labute approximate surface area is 452 Å². The molecule has 0 saturated carbocycles. The van der Waals surface area contributed by atoms with Crippen LogP contribution in [0, 0.1) is 0 Å². The molecule has 0 spiro atoms. The van der Waals surface area contributed by atoms with Gasteiger partial charge in [-0.3, -0.25) is 9.36 Å². The van der Waals surface area contributed by atoms with Gasteiger partial charge in [0.05, 0.1) is 34.4 Å². The van der Waals surface area contributed by atoms with Crippen LogP contribution >= 0.6 is 7.82 Å². The molecule has 0 bridgehead atoms. The Morgan fingerprint density at radius 1 is 0.438 bits per heavy atom. The Hall–Kier alpha value is -2.32. The molecule has 73 heavy (non-hydrogen) atoms. The fourth-order valence-electron chi connectivity index (χ4n) is 8.31. The van der Waals surface area contributed by atoms with Crippen LogP contribution in [0.5, 0.6) is 0 Å². The van der Waals surface area contributed by atoms with Gasteiger partial charge < -0.3 is 27.9 Å². The molecular weight excluding hydrogens is 926 g/mol. The number of rotatable bonds is 56. The minimum Gasteiger partial charge on any atom is -0.756 e. The molecule has 0 saturated heterocycles. The fourth-order valence-corrected chi connectivity index (χ4v) is 9.04. The molecule has 0 fully saturated rings. The molecule has 0 N–H and O–H groups in total. The maximum absolute atomic E-state index is 12.8. The van der Waals surface area contributed by atoms with Gasteiger partial charge in [-0.05, 0) is 89.9 Å². The summed E-state index contributed by atoms with van der Waals surface area (Å²) < 4.78 is 34.9. The Kier molecular flexibility index (Phi) is 54.1. The molecule has 424 valence electrons. The summed E-state index contributed by atoms with van der Waals surface area (Å²) in [7, 11) is 1.35. The number of ether oxygens (including phenoxy) is 2. The molecule has 0 aromatic rings. The van der Waals surface area contributed by atoms with Crippen molar-refractivity contribution in [3.63, 3.8) is 0 Å². The van der Waals surface area contributed by atoms with Gasteiger partial charge in [0.2, 0.25) is 0 Å². The third-order valence-corrected chi connectivity index (χ3v) is 13.9. The highest BCUT2D eigenvalue weighted by molar-refractivity contribution is 7.45. The highest BCUT2D eigenvalue weighted by Gasteiger charge is 2.20. The Balaban J connectivity index is 4.07. The van der Waals surface area contributed by atoms with Crippen molar-refractivity contribution < 1.29 is 37.3 Å². The summed E-state index contributed by atoms with van der Waals surface area (Å²) in [6, 6.07) is 0. The van der Waals surface area contributed by atoms with Crippen molar-refractivity contribution in [3.05, 3.63) is 85.1 Å². The third-order valence-electron chi connectivity index (χ3n) is 12.9. The van der Waals surface area contributed by atoms with E-state index in [1.54, 1.807) is 0 Å². The normalized spacial score (nSPS) is 14.0. The van der Waals surface area contributed by atoms with Crippen LogP contribution in [0.25, 0.3) is 0 Å². The zero-order valence-corrected chi connectivity index (χ0v) is 49.2. The molecule has 0 radical (unpaired) electrons. The third kappa shape index (κ3) is 60.4. The van der Waals surface area contributed by atoms with Crippen LogP contribution in [0.3, 0.4) is 0 Å². The molecule has 9 heteroatoms. The van der Waals surface area contributed by atoms with Crippen LogP contribution in [0.2, 0.25) is 0 Å². The predicted molar refractivity (Wildman–Crippen MR) is 314 cm³/mol. The van der Waals surface area contributed by atoms with Crippen molar-refractivity contribution >= 4 is 13.8 Å². The molecule has 2 atom stereocenters. The van der Waals surface area contributed by atoms with Crippen LogP contribution in [0.15, 0.2) is 85.1 Å². The molecule has 0 aliphatic heterocycles. The van der Waals surface area contributed by atoms with Crippen molar-refractivity contribution in [3.8, 4) is 0 Å². The number of unbranched alkanes of at least 4 members (excludes halogenated alkanes) is 28. The van der Waals surface area contributed by atoms with Crippen LogP contribution in [-0.4, -0.2) is 70.7 Å². The lowest BCUT2D eigenvalue weighted by Crippen LogP contribution is -2.37. The van der Waals surface area contributed by atoms with Gasteiger partial charge in [-0.1, -0.05) is 247 Å². The zero-order valence-electron chi connectivity index (χ0n) is 48.3. The second-order valence-corrected chi connectivity index (χ2v) is 22.7. The quantitative estimate of drug-likeness (QED) is 0.0197. The summed E-state index contributed by atoms with van der Waals surface area (Å²) in [6.07, 6.45) is 76.3. The predicted octanol–water partition coefficient (Wildman–Crippen LogP) is 18.9. The summed E-state index contributed by atoms with van der Waals surface area (Å²) in [5.41, 5.74) is 0. The summed E-state index contributed by atoms with van der Waals surface area (Å²) >= 11 is 0. The molecule has 0 rings (SSSR count). The number of hydrogen-bond acceptors (Lipinski definition) is 7. The first-order chi connectivity index (χ1) is 35.6. The fraction of sp³-hybridized carbons (Fsp3) is 0.766. The smallest absolute Gasteiger partial charge is 0.306 e. The highest BCUT2D eigenvalue weighted by atomic mass is 31.2. The Morgan fingerprint density at radius 2 is 0.795 bits per heavy atom. The first-order valence-corrected chi connectivity index (χ1v) is 31.8. The lowest BCUT2D eigenvalue weighted by Gasteiger charge is -2.28. The average molecular weight is 1040 g/mol. The van der Waals surface area contributed by atoms with E-state index in [1.807, 2.05) is 21.1 Å². The number of carbonyl (C=O) groups excluding carboxylic acids is 1. The summed E-state index contributed by atoms with van der Waals surface area (Å²) in [5, 5.41) is 0. The second-order valence-electron chi connectivity index (χ2n) is 21.3. The van der Waals surface area contributed by atoms with Gasteiger partial charge >= 0.3 is 5.97 Å². The number of phosphoric acid groups is 1. The Morgan fingerprint density at radius 3 is 1.19 bits per heavy atom. The van der Waals surface area contributed by atoms with E-state index >= 15 is 0 Å². The second kappa shape index (κ2) is 55.9. The maximum atomic E-state index is 12.8. The van der Waals surface area contributed by atoms with E-state index in [9.17, 15) is 14.3 Å². The van der Waals surface area contributed by atoms with Crippen molar-refractivity contribution in [1.29, 1.82) is 0 Å². The van der Waals surface area contributed by atoms with Gasteiger partial charge in [0.25, 0.3) is 7.82 Å². The summed E-state index contributed by atoms with van der Waals surface area (Å²) in [5.74, 6) is -0.336. The average Bonchev–Trinajstić information content (AvgIpc) is 3.35. The number of phosphoric ester groups is 1. The minimum absolute atomic E-state index is 0.0221. The first-order valence-electron chi connectivity index (χ1n) is 30.3. The number of quaternary nitrogens is 1. The molecule has 0 aliphatic rings. The van der Waals surface area contributed by atoms with E-state index < -0.39 is 13.9 Å². The van der Waals surface area contributed by atoms with Crippen molar-refractivity contribution in [2.45, 2.75) is 264 Å². The van der Waals surface area contributed by atoms with Crippen LogP contribution < -0.4 is 4.89 Å². The van der Waals surface area contributed by atoms with E-state index in [-0.39, 0.29) is 25.8 Å². The lowest BCUT2D eigenvalue weighted by molar-refractivity contribution is -0.870. The topological polar surface area (TPSA) is 94.1 Å². The SMILES string of the molecule is CC/C=C\C/C=C\C/C=C\C/C=C\C/C=C\CCCCCCCCCCCCOCC(COP(=O)([O-])OCC[N+](C)(C)C)OC(=O)CCCCCCCCCCCCCCC/C=C\C/C=C\CCCCCCC. The van der Waals surface area contributed by atoms with E-state index in [0.29, 0.717) is 24.1 Å². The van der Waals surface area contributed by atoms with E-state index in [1.165, 1.54) is 167 Å². The van der Waals surface area contributed by atoms with Gasteiger partial charge in [0.1, 0.15) is 19.3 Å². The van der Waals surface area contributed by atoms with E-state index in [2.05, 4.69) is 98.9 Å². The van der Waals surface area contributed by atoms with Crippen LogP contribution in [0.4, 0.5) is 0 Å². The van der Waals surface area contributed by atoms with Gasteiger partial charge in [-0.15, -0.1) is 0 Å². The zero-order chi connectivity index (χ0) is 53.3. The van der Waals surface area contributed by atoms with E-state index in [0.717, 1.165) is 70.6 Å². The number of hydrogen-bond donors (Lipinski definition) is 0. The van der Waals surface area contributed by atoms with Crippen LogP contribution in [0.1, 0.15) is 258 Å². The number of allylic oxidation sites excluding steroid dienone is 14. The largest absolute Gasteiger partial charge is 0.756 e. The van der Waals surface area contributed by atoms with Gasteiger partial charge in [0, 0.05) is 13.0 Å². The highest BCUT2D eigenvalue weighted by Crippen LogP contribution is 2.38. The number of carbonyl (C=O) groups is 1. The molecule has 0 aromatic heterocycles. The van der Waals surface area contributed by atoms with E-state index in [4.69, 9.17) is 18.5 Å². The molecule has 0 aliphatic carbocycles. The van der Waals surface area contributed by atoms with Gasteiger partial charge in [-0.25, -0.2) is 0 Å². The molecule has 2 unspecified atom stereocenters. The standard InChI is InChI=1S/C64H116NO7P/c1-6-8-10-12-14-16-18-20-22-24-26-28-30-32-34-36-38-40-42-44-46-48-50-52-54-56-59-69-61-63(62-71-73(67,68)70-60-58-65(3,4)5)72-64(66)57-55-53-51-49-47-45-43-41-39-37-35-33-31-29-27-25-23-21-19-17-15-13-11-9-7-2/h8,10,14,16,19-22,25-28,32,34,63H,6-7,9,11-13,15,17-18,23-24,29-31,33,35-62H2,1-5H3/b10-8-,16-14-,21-19-,22-20-,27-25-,28-26-,34-32-. The molecule has 0 aromatic carbocycles. The lowest BCUT2D eigenvalue weighted by atomic mass is 10.0. The minimum atomic E-state index is -4.54. The van der Waals surface area contributed by atoms with Gasteiger partial charge in [0.15, 0.2) is 0 Å². The van der Waals surface area contributed by atoms with Crippen molar-refractivity contribution in [2.24, 2.45) is 0 Å². The van der Waals surface area contributed by atoms with Crippen LogP contribution in [-0.2, 0) is 27.9 Å². The molecule has 0 amide bonds. The Bertz CT molecular complexity index is 1440. The molecule has 0 heterocycles. The maximum Gasteiger partial charge on any atom is 0.306 e. The monoisotopic (exact) mass is 1040 g/mol. The number of likely N-dealkylation sites (N-methyl/N-ethyl adjacent to an activating group) is 1.